The highest BCUT2D eigenvalue weighted by atomic mass is 16.5. The van der Waals surface area contributed by atoms with Crippen LogP contribution < -0.4 is 5.32 Å². The molecule has 1 heterocycles. The second-order valence-corrected chi connectivity index (χ2v) is 4.37. The number of hydrogen-bond acceptors (Lipinski definition) is 5. The standard InChI is InChI=1S/C13H23N3O2/c1-4-14-11-5-6-15-12(7-11)8-16(2)9-13(17)10-18-3/h5-7,13,17H,4,8-10H2,1-3H3,(H,14,15). The zero-order valence-corrected chi connectivity index (χ0v) is 11.4. The van der Waals surface area contributed by atoms with Crippen molar-refractivity contribution in [3.63, 3.8) is 0 Å². The molecule has 0 amide bonds. The van der Waals surface area contributed by atoms with Crippen molar-refractivity contribution in [1.82, 2.24) is 9.88 Å². The van der Waals surface area contributed by atoms with E-state index in [1.54, 1.807) is 13.3 Å². The topological polar surface area (TPSA) is 57.6 Å². The molecule has 1 unspecified atom stereocenters. The molecule has 1 atom stereocenters. The van der Waals surface area contributed by atoms with Crippen LogP contribution in [0.2, 0.25) is 0 Å². The predicted molar refractivity (Wildman–Crippen MR) is 72.6 cm³/mol. The third kappa shape index (κ3) is 5.44. The number of hydrogen-bond donors (Lipinski definition) is 2. The summed E-state index contributed by atoms with van der Waals surface area (Å²) in [5, 5.41) is 12.9. The smallest absolute Gasteiger partial charge is 0.0900 e. The van der Waals surface area contributed by atoms with E-state index in [2.05, 4.69) is 17.2 Å². The van der Waals surface area contributed by atoms with Crippen LogP contribution >= 0.6 is 0 Å². The first kappa shape index (κ1) is 14.9. The molecule has 5 heteroatoms. The molecule has 0 saturated heterocycles. The van der Waals surface area contributed by atoms with Crippen molar-refractivity contribution in [2.45, 2.75) is 19.6 Å². The summed E-state index contributed by atoms with van der Waals surface area (Å²) >= 11 is 0. The van der Waals surface area contributed by atoms with Gasteiger partial charge in [0.2, 0.25) is 0 Å². The Morgan fingerprint density at radius 3 is 3.00 bits per heavy atom. The van der Waals surface area contributed by atoms with Crippen LogP contribution in [-0.4, -0.2) is 54.9 Å². The summed E-state index contributed by atoms with van der Waals surface area (Å²) < 4.78 is 4.90. The Kier molecular flexibility index (Phi) is 6.64. The van der Waals surface area contributed by atoms with E-state index in [-0.39, 0.29) is 0 Å². The van der Waals surface area contributed by atoms with Gasteiger partial charge in [0.05, 0.1) is 18.4 Å². The molecule has 2 N–H and O–H groups in total. The maximum absolute atomic E-state index is 9.64. The Morgan fingerprint density at radius 2 is 2.33 bits per heavy atom. The normalized spacial score (nSPS) is 12.7. The largest absolute Gasteiger partial charge is 0.389 e. The van der Waals surface area contributed by atoms with Crippen LogP contribution in [0.25, 0.3) is 0 Å². The lowest BCUT2D eigenvalue weighted by Crippen LogP contribution is -2.31. The highest BCUT2D eigenvalue weighted by Crippen LogP contribution is 2.09. The maximum Gasteiger partial charge on any atom is 0.0900 e. The van der Waals surface area contributed by atoms with E-state index in [0.29, 0.717) is 19.7 Å². The number of likely N-dealkylation sites (N-methyl/N-ethyl adjacent to an activating group) is 1. The Bertz CT molecular complexity index is 347. The Morgan fingerprint density at radius 1 is 1.56 bits per heavy atom. The quantitative estimate of drug-likeness (QED) is 0.722. The van der Waals surface area contributed by atoms with Gasteiger partial charge in [0.15, 0.2) is 0 Å². The summed E-state index contributed by atoms with van der Waals surface area (Å²) in [6.07, 6.45) is 1.34. The van der Waals surface area contributed by atoms with Crippen LogP contribution in [0.5, 0.6) is 0 Å². The SMILES string of the molecule is CCNc1ccnc(CN(C)CC(O)COC)c1. The van der Waals surface area contributed by atoms with E-state index in [0.717, 1.165) is 17.9 Å². The molecule has 1 aromatic heterocycles. The van der Waals surface area contributed by atoms with Gasteiger partial charge in [-0.15, -0.1) is 0 Å². The van der Waals surface area contributed by atoms with Gasteiger partial charge in [0, 0.05) is 38.6 Å². The van der Waals surface area contributed by atoms with Gasteiger partial charge in [0.1, 0.15) is 0 Å². The average molecular weight is 253 g/mol. The monoisotopic (exact) mass is 253 g/mol. The number of aliphatic hydroxyl groups excluding tert-OH is 1. The molecule has 0 aromatic carbocycles. The summed E-state index contributed by atoms with van der Waals surface area (Å²) in [4.78, 5) is 6.35. The predicted octanol–water partition coefficient (Wildman–Crippen LogP) is 0.952. The second-order valence-electron chi connectivity index (χ2n) is 4.37. The zero-order chi connectivity index (χ0) is 13.4. The average Bonchev–Trinajstić information content (AvgIpc) is 2.29. The Balaban J connectivity index is 2.47. The van der Waals surface area contributed by atoms with Crippen molar-refractivity contribution in [2.24, 2.45) is 0 Å². The third-order valence-electron chi connectivity index (χ3n) is 2.51. The highest BCUT2D eigenvalue weighted by molar-refractivity contribution is 5.42. The van der Waals surface area contributed by atoms with Crippen molar-refractivity contribution in [1.29, 1.82) is 0 Å². The van der Waals surface area contributed by atoms with E-state index < -0.39 is 6.10 Å². The Hall–Kier alpha value is -1.17. The van der Waals surface area contributed by atoms with Gasteiger partial charge in [-0.3, -0.25) is 9.88 Å². The van der Waals surface area contributed by atoms with Crippen LogP contribution in [0, 0.1) is 0 Å². The van der Waals surface area contributed by atoms with Crippen molar-refractivity contribution in [2.75, 3.05) is 39.2 Å². The van der Waals surface area contributed by atoms with Crippen LogP contribution in [0.4, 0.5) is 5.69 Å². The number of nitrogens with one attached hydrogen (secondary N) is 1. The van der Waals surface area contributed by atoms with Gasteiger partial charge >= 0.3 is 0 Å². The number of aliphatic hydroxyl groups is 1. The van der Waals surface area contributed by atoms with Gasteiger partial charge in [-0.25, -0.2) is 0 Å². The molecule has 0 fully saturated rings. The van der Waals surface area contributed by atoms with E-state index in [4.69, 9.17) is 4.74 Å². The van der Waals surface area contributed by atoms with Crippen LogP contribution in [0.1, 0.15) is 12.6 Å². The van der Waals surface area contributed by atoms with Crippen molar-refractivity contribution in [3.05, 3.63) is 24.0 Å². The second kappa shape index (κ2) is 8.02. The molecule has 0 saturated carbocycles. The highest BCUT2D eigenvalue weighted by Gasteiger charge is 2.09. The number of rotatable bonds is 8. The first-order chi connectivity index (χ1) is 8.65. The van der Waals surface area contributed by atoms with Crippen LogP contribution in [0.3, 0.4) is 0 Å². The number of anilines is 1. The van der Waals surface area contributed by atoms with E-state index in [1.165, 1.54) is 0 Å². The van der Waals surface area contributed by atoms with E-state index >= 15 is 0 Å². The minimum Gasteiger partial charge on any atom is -0.389 e. The first-order valence-corrected chi connectivity index (χ1v) is 6.20. The molecule has 0 aliphatic rings. The zero-order valence-electron chi connectivity index (χ0n) is 11.4. The Labute approximate surface area is 109 Å². The molecule has 5 nitrogen and oxygen atoms in total. The van der Waals surface area contributed by atoms with Gasteiger partial charge < -0.3 is 15.2 Å². The lowest BCUT2D eigenvalue weighted by atomic mass is 10.3. The number of methoxy groups -OCH3 is 1. The molecule has 1 rings (SSSR count). The first-order valence-electron chi connectivity index (χ1n) is 6.20. The fourth-order valence-electron chi connectivity index (χ4n) is 1.82. The maximum atomic E-state index is 9.64. The van der Waals surface area contributed by atoms with Gasteiger partial charge in [0.25, 0.3) is 0 Å². The number of nitrogens with zero attached hydrogens (tertiary/aromatic N) is 2. The lowest BCUT2D eigenvalue weighted by Gasteiger charge is -2.19. The molecule has 0 aliphatic heterocycles. The summed E-state index contributed by atoms with van der Waals surface area (Å²) in [5.74, 6) is 0. The minimum absolute atomic E-state index is 0.356. The molecule has 102 valence electrons. The van der Waals surface area contributed by atoms with Crippen molar-refractivity contribution in [3.8, 4) is 0 Å². The van der Waals surface area contributed by atoms with Crippen molar-refractivity contribution >= 4 is 5.69 Å². The molecular weight excluding hydrogens is 230 g/mol. The number of pyridine rings is 1. The van der Waals surface area contributed by atoms with Gasteiger partial charge in [-0.1, -0.05) is 0 Å². The minimum atomic E-state index is -0.461. The fraction of sp³-hybridized carbons (Fsp3) is 0.615. The summed E-state index contributed by atoms with van der Waals surface area (Å²) in [7, 11) is 3.55. The molecule has 0 radical (unpaired) electrons. The molecular formula is C13H23N3O2. The van der Waals surface area contributed by atoms with E-state index in [9.17, 15) is 5.11 Å². The van der Waals surface area contributed by atoms with Crippen molar-refractivity contribution < 1.29 is 9.84 Å². The fourth-order valence-corrected chi connectivity index (χ4v) is 1.82. The number of aromatic nitrogens is 1. The van der Waals surface area contributed by atoms with Gasteiger partial charge in [-0.05, 0) is 26.1 Å². The van der Waals surface area contributed by atoms with Gasteiger partial charge in [-0.2, -0.15) is 0 Å². The molecule has 18 heavy (non-hydrogen) atoms. The lowest BCUT2D eigenvalue weighted by molar-refractivity contribution is 0.0417. The molecule has 0 spiro atoms. The molecule has 1 aromatic rings. The van der Waals surface area contributed by atoms with Crippen LogP contribution in [0.15, 0.2) is 18.3 Å². The molecule has 0 aliphatic carbocycles. The summed E-state index contributed by atoms with van der Waals surface area (Å²) in [6, 6.07) is 3.98. The van der Waals surface area contributed by atoms with E-state index in [1.807, 2.05) is 24.1 Å². The van der Waals surface area contributed by atoms with Crippen LogP contribution in [-0.2, 0) is 11.3 Å². The summed E-state index contributed by atoms with van der Waals surface area (Å²) in [5.41, 5.74) is 2.06. The summed E-state index contributed by atoms with van der Waals surface area (Å²) in [6.45, 7) is 4.59. The number of ether oxygens (including phenoxy) is 1. The molecule has 0 bridgehead atoms. The third-order valence-corrected chi connectivity index (χ3v) is 2.51.